The van der Waals surface area contributed by atoms with Crippen LogP contribution in [0, 0.1) is 6.92 Å². The van der Waals surface area contributed by atoms with Gasteiger partial charge >= 0.3 is 6.18 Å². The summed E-state index contributed by atoms with van der Waals surface area (Å²) in [5, 5.41) is 1.86. The van der Waals surface area contributed by atoms with Crippen LogP contribution in [0.4, 0.5) is 13.2 Å². The summed E-state index contributed by atoms with van der Waals surface area (Å²) in [5.74, 6) is 0. The van der Waals surface area contributed by atoms with Gasteiger partial charge in [0, 0.05) is 18.5 Å². The van der Waals surface area contributed by atoms with Gasteiger partial charge in [0.2, 0.25) is 10.0 Å². The molecule has 1 heterocycles. The minimum atomic E-state index is -4.48. The predicted molar refractivity (Wildman–Crippen MR) is 79.2 cm³/mol. The van der Waals surface area contributed by atoms with Crippen molar-refractivity contribution < 1.29 is 21.6 Å². The molecule has 8 heteroatoms. The van der Waals surface area contributed by atoms with Crippen molar-refractivity contribution in [3.8, 4) is 0 Å². The molecular weight excluding hydrogens is 335 g/mol. The molecule has 0 radical (unpaired) electrons. The van der Waals surface area contributed by atoms with Gasteiger partial charge in [0.15, 0.2) is 0 Å². The van der Waals surface area contributed by atoms with Gasteiger partial charge in [-0.25, -0.2) is 8.42 Å². The summed E-state index contributed by atoms with van der Waals surface area (Å²) >= 11 is 1.44. The molecule has 22 heavy (non-hydrogen) atoms. The Morgan fingerprint density at radius 1 is 1.14 bits per heavy atom. The second-order valence-corrected chi connectivity index (χ2v) is 7.86. The van der Waals surface area contributed by atoms with E-state index in [9.17, 15) is 21.6 Å². The highest BCUT2D eigenvalue weighted by molar-refractivity contribution is 7.89. The predicted octanol–water partition coefficient (Wildman–Crippen LogP) is 3.90. The average molecular weight is 349 g/mol. The van der Waals surface area contributed by atoms with E-state index in [4.69, 9.17) is 0 Å². The first-order valence-corrected chi connectivity index (χ1v) is 8.61. The van der Waals surface area contributed by atoms with Crippen molar-refractivity contribution >= 4 is 21.4 Å². The lowest BCUT2D eigenvalue weighted by atomic mass is 10.2. The van der Waals surface area contributed by atoms with Gasteiger partial charge in [0.05, 0.1) is 10.5 Å². The molecule has 2 rings (SSSR count). The highest BCUT2D eigenvalue weighted by Crippen LogP contribution is 2.30. The Morgan fingerprint density at radius 3 is 2.18 bits per heavy atom. The van der Waals surface area contributed by atoms with Crippen LogP contribution in [0.25, 0.3) is 0 Å². The largest absolute Gasteiger partial charge is 0.416 e. The molecule has 0 bridgehead atoms. The maximum absolute atomic E-state index is 12.5. The van der Waals surface area contributed by atoms with E-state index < -0.39 is 21.8 Å². The second-order valence-electron chi connectivity index (χ2n) is 4.81. The summed E-state index contributed by atoms with van der Waals surface area (Å²) in [6.07, 6.45) is -4.48. The van der Waals surface area contributed by atoms with Gasteiger partial charge in [-0.3, -0.25) is 0 Å². The van der Waals surface area contributed by atoms with Crippen LogP contribution in [0.3, 0.4) is 0 Å². The number of aryl methyl sites for hydroxylation is 1. The van der Waals surface area contributed by atoms with E-state index >= 15 is 0 Å². The molecule has 0 N–H and O–H groups in total. The zero-order valence-corrected chi connectivity index (χ0v) is 13.5. The summed E-state index contributed by atoms with van der Waals surface area (Å²) < 4.78 is 63.4. The van der Waals surface area contributed by atoms with E-state index in [1.165, 1.54) is 18.4 Å². The van der Waals surface area contributed by atoms with Crippen LogP contribution in [0.1, 0.15) is 16.0 Å². The first-order chi connectivity index (χ1) is 10.1. The molecule has 0 unspecified atom stereocenters. The maximum Gasteiger partial charge on any atom is 0.416 e. The van der Waals surface area contributed by atoms with Crippen molar-refractivity contribution in [1.82, 2.24) is 4.31 Å². The van der Waals surface area contributed by atoms with Crippen molar-refractivity contribution in [2.75, 3.05) is 7.05 Å². The zero-order valence-electron chi connectivity index (χ0n) is 11.9. The van der Waals surface area contributed by atoms with E-state index in [1.54, 1.807) is 0 Å². The first kappa shape index (κ1) is 17.0. The fourth-order valence-corrected chi connectivity index (χ4v) is 4.03. The molecule has 0 saturated carbocycles. The van der Waals surface area contributed by atoms with Crippen LogP contribution < -0.4 is 0 Å². The van der Waals surface area contributed by atoms with Gasteiger partial charge in [0.25, 0.3) is 0 Å². The zero-order chi connectivity index (χ0) is 16.5. The fourth-order valence-electron chi connectivity index (χ4n) is 1.85. The molecule has 0 aliphatic heterocycles. The van der Waals surface area contributed by atoms with E-state index in [0.717, 1.165) is 39.0 Å². The Kier molecular flexibility index (Phi) is 4.65. The van der Waals surface area contributed by atoms with E-state index in [0.29, 0.717) is 0 Å². The van der Waals surface area contributed by atoms with Crippen molar-refractivity contribution in [1.29, 1.82) is 0 Å². The molecule has 0 amide bonds. The molecule has 0 atom stereocenters. The smallest absolute Gasteiger partial charge is 0.207 e. The Hall–Kier alpha value is -1.38. The Labute approximate surface area is 131 Å². The average Bonchev–Trinajstić information content (AvgIpc) is 2.83. The molecule has 2 aromatic rings. The summed E-state index contributed by atoms with van der Waals surface area (Å²) in [6.45, 7) is 2.07. The van der Waals surface area contributed by atoms with Crippen molar-refractivity contribution in [2.24, 2.45) is 0 Å². The fraction of sp³-hybridized carbons (Fsp3) is 0.286. The molecule has 0 spiro atoms. The molecule has 1 aromatic heterocycles. The van der Waals surface area contributed by atoms with E-state index in [1.807, 2.05) is 18.4 Å². The number of hydrogen-bond donors (Lipinski definition) is 0. The number of benzene rings is 1. The van der Waals surface area contributed by atoms with Crippen molar-refractivity contribution in [2.45, 2.75) is 24.5 Å². The Bertz CT molecular complexity index is 749. The lowest BCUT2D eigenvalue weighted by Gasteiger charge is -2.17. The highest BCUT2D eigenvalue weighted by atomic mass is 32.2. The number of halogens is 3. The summed E-state index contributed by atoms with van der Waals surface area (Å²) in [5.41, 5.74) is 0.114. The molecule has 3 nitrogen and oxygen atoms in total. The lowest BCUT2D eigenvalue weighted by molar-refractivity contribution is -0.137. The van der Waals surface area contributed by atoms with Crippen LogP contribution in [-0.2, 0) is 22.7 Å². The number of sulfonamides is 1. The molecule has 120 valence electrons. The molecule has 0 aliphatic rings. The molecule has 0 aliphatic carbocycles. The van der Waals surface area contributed by atoms with Gasteiger partial charge < -0.3 is 0 Å². The van der Waals surface area contributed by atoms with Gasteiger partial charge in [-0.15, -0.1) is 11.3 Å². The van der Waals surface area contributed by atoms with Gasteiger partial charge in [-0.05, 0) is 48.2 Å². The normalized spacial score (nSPS) is 12.8. The third-order valence-corrected chi connectivity index (χ3v) is 6.05. The minimum Gasteiger partial charge on any atom is -0.207 e. The monoisotopic (exact) mass is 349 g/mol. The molecule has 0 saturated heterocycles. The van der Waals surface area contributed by atoms with Crippen LogP contribution in [0.15, 0.2) is 40.6 Å². The number of nitrogens with zero attached hydrogens (tertiary/aromatic N) is 1. The molecule has 1 aromatic carbocycles. The van der Waals surface area contributed by atoms with E-state index in [2.05, 4.69) is 0 Å². The van der Waals surface area contributed by atoms with Crippen LogP contribution in [0.5, 0.6) is 0 Å². The summed E-state index contributed by atoms with van der Waals surface area (Å²) in [7, 11) is -2.41. The summed E-state index contributed by atoms with van der Waals surface area (Å²) in [4.78, 5) is 0.746. The quantitative estimate of drug-likeness (QED) is 0.840. The maximum atomic E-state index is 12.5. The lowest BCUT2D eigenvalue weighted by Crippen LogP contribution is -2.26. The Morgan fingerprint density at radius 2 is 1.73 bits per heavy atom. The van der Waals surface area contributed by atoms with Gasteiger partial charge in [-0.2, -0.15) is 17.5 Å². The standard InChI is InChI=1S/C14H14F3NO2S2/c1-10-7-8-21-13(10)9-18(2)22(19,20)12-5-3-11(4-6-12)14(15,16)17/h3-8H,9H2,1-2H3. The highest BCUT2D eigenvalue weighted by Gasteiger charge is 2.31. The SMILES string of the molecule is Cc1ccsc1CN(C)S(=O)(=O)c1ccc(C(F)(F)F)cc1. The van der Waals surface area contributed by atoms with Crippen molar-refractivity contribution in [3.63, 3.8) is 0 Å². The summed E-state index contributed by atoms with van der Waals surface area (Å²) in [6, 6.07) is 5.40. The Balaban J connectivity index is 2.24. The number of hydrogen-bond acceptors (Lipinski definition) is 3. The van der Waals surface area contributed by atoms with Gasteiger partial charge in [-0.1, -0.05) is 0 Å². The second kappa shape index (κ2) is 6.02. The third kappa shape index (κ3) is 3.50. The van der Waals surface area contributed by atoms with Crippen LogP contribution in [0.2, 0.25) is 0 Å². The number of alkyl halides is 3. The molecular formula is C14H14F3NO2S2. The molecule has 0 fully saturated rings. The van der Waals surface area contributed by atoms with Crippen LogP contribution in [-0.4, -0.2) is 19.8 Å². The topological polar surface area (TPSA) is 37.4 Å². The van der Waals surface area contributed by atoms with Gasteiger partial charge in [0.1, 0.15) is 0 Å². The van der Waals surface area contributed by atoms with Crippen molar-refractivity contribution in [3.05, 3.63) is 51.7 Å². The number of rotatable bonds is 4. The first-order valence-electron chi connectivity index (χ1n) is 6.29. The minimum absolute atomic E-state index is 0.155. The van der Waals surface area contributed by atoms with E-state index in [-0.39, 0.29) is 11.4 Å². The van der Waals surface area contributed by atoms with Crippen LogP contribution >= 0.6 is 11.3 Å². The third-order valence-electron chi connectivity index (χ3n) is 3.22. The number of thiophene rings is 1.